The standard InChI is InChI=1S/C14H9Br2N3OS/c15-7-1-3-9(10(16)5-7)13(20)19-14-18-11-4-2-8(17)6-12(11)21-14/h1-6H,17H2,(H,18,19,20). The third kappa shape index (κ3) is 3.09. The number of nitrogen functional groups attached to an aromatic ring is 1. The summed E-state index contributed by atoms with van der Waals surface area (Å²) in [5.74, 6) is -0.207. The molecule has 0 aliphatic heterocycles. The number of fused-ring (bicyclic) bond motifs is 1. The van der Waals surface area contributed by atoms with E-state index < -0.39 is 0 Å². The Kier molecular flexibility index (Phi) is 3.97. The molecule has 0 spiro atoms. The van der Waals surface area contributed by atoms with Crippen LogP contribution in [0, 0.1) is 0 Å². The number of benzene rings is 2. The lowest BCUT2D eigenvalue weighted by molar-refractivity contribution is 0.102. The predicted molar refractivity (Wildman–Crippen MR) is 93.8 cm³/mol. The first-order chi connectivity index (χ1) is 10.0. The molecule has 1 heterocycles. The maximum atomic E-state index is 12.3. The lowest BCUT2D eigenvalue weighted by atomic mass is 10.2. The molecule has 0 radical (unpaired) electrons. The first-order valence-corrected chi connectivity index (χ1v) is 8.35. The molecule has 106 valence electrons. The molecule has 0 saturated heterocycles. The maximum absolute atomic E-state index is 12.3. The van der Waals surface area contributed by atoms with Crippen LogP contribution >= 0.6 is 43.2 Å². The Hall–Kier alpha value is -1.44. The Morgan fingerprint density at radius 3 is 2.76 bits per heavy atom. The van der Waals surface area contributed by atoms with Crippen molar-refractivity contribution in [1.29, 1.82) is 0 Å². The number of thiazole rings is 1. The van der Waals surface area contributed by atoms with Crippen LogP contribution in [-0.2, 0) is 0 Å². The molecule has 7 heteroatoms. The van der Waals surface area contributed by atoms with Crippen molar-refractivity contribution in [3.8, 4) is 0 Å². The summed E-state index contributed by atoms with van der Waals surface area (Å²) < 4.78 is 2.57. The SMILES string of the molecule is Nc1ccc2nc(NC(=O)c3ccc(Br)cc3Br)sc2c1. The van der Waals surface area contributed by atoms with Gasteiger partial charge in [0.2, 0.25) is 0 Å². The van der Waals surface area contributed by atoms with Gasteiger partial charge >= 0.3 is 0 Å². The summed E-state index contributed by atoms with van der Waals surface area (Å²) in [6.45, 7) is 0. The molecule has 3 aromatic rings. The van der Waals surface area contributed by atoms with Crippen LogP contribution in [0.1, 0.15) is 10.4 Å². The largest absolute Gasteiger partial charge is 0.399 e. The van der Waals surface area contributed by atoms with Crippen molar-refractivity contribution in [2.75, 3.05) is 11.1 Å². The fourth-order valence-electron chi connectivity index (χ4n) is 1.83. The van der Waals surface area contributed by atoms with Crippen LogP contribution in [0.15, 0.2) is 45.3 Å². The van der Waals surface area contributed by atoms with Crippen molar-refractivity contribution in [3.05, 3.63) is 50.9 Å². The monoisotopic (exact) mass is 425 g/mol. The Bertz CT molecular complexity index is 847. The van der Waals surface area contributed by atoms with E-state index in [1.54, 1.807) is 12.1 Å². The molecule has 3 rings (SSSR count). The summed E-state index contributed by atoms with van der Waals surface area (Å²) in [5.41, 5.74) is 7.79. The number of nitrogens with one attached hydrogen (secondary N) is 1. The highest BCUT2D eigenvalue weighted by Crippen LogP contribution is 2.29. The summed E-state index contributed by atoms with van der Waals surface area (Å²) in [4.78, 5) is 16.6. The van der Waals surface area contributed by atoms with Gasteiger partial charge in [-0.05, 0) is 52.3 Å². The van der Waals surface area contributed by atoms with E-state index in [2.05, 4.69) is 42.2 Å². The number of hydrogen-bond acceptors (Lipinski definition) is 4. The van der Waals surface area contributed by atoms with Crippen molar-refractivity contribution in [3.63, 3.8) is 0 Å². The molecule has 2 aromatic carbocycles. The Morgan fingerprint density at radius 1 is 1.19 bits per heavy atom. The summed E-state index contributed by atoms with van der Waals surface area (Å²) in [5, 5.41) is 3.36. The topological polar surface area (TPSA) is 68.0 Å². The fraction of sp³-hybridized carbons (Fsp3) is 0. The van der Waals surface area contributed by atoms with Gasteiger partial charge in [-0.25, -0.2) is 4.98 Å². The van der Waals surface area contributed by atoms with Crippen LogP contribution in [0.3, 0.4) is 0 Å². The van der Waals surface area contributed by atoms with Gasteiger partial charge in [-0.15, -0.1) is 0 Å². The first kappa shape index (κ1) is 14.5. The van der Waals surface area contributed by atoms with Crippen LogP contribution < -0.4 is 11.1 Å². The highest BCUT2D eigenvalue weighted by molar-refractivity contribution is 9.11. The number of carbonyl (C=O) groups is 1. The predicted octanol–water partition coefficient (Wildman–Crippen LogP) is 4.66. The summed E-state index contributed by atoms with van der Waals surface area (Å²) in [7, 11) is 0. The van der Waals surface area contributed by atoms with Crippen LogP contribution in [0.2, 0.25) is 0 Å². The molecule has 0 fully saturated rings. The zero-order valence-corrected chi connectivity index (χ0v) is 14.5. The Labute approximate surface area is 141 Å². The number of nitrogens with two attached hydrogens (primary N) is 1. The normalized spacial score (nSPS) is 10.8. The minimum absolute atomic E-state index is 0.207. The van der Waals surface area contributed by atoms with Crippen LogP contribution in [0.4, 0.5) is 10.8 Å². The zero-order valence-electron chi connectivity index (χ0n) is 10.6. The molecule has 0 saturated carbocycles. The second-order valence-electron chi connectivity index (χ2n) is 4.32. The highest BCUT2D eigenvalue weighted by Gasteiger charge is 2.13. The third-order valence-electron chi connectivity index (χ3n) is 2.81. The summed E-state index contributed by atoms with van der Waals surface area (Å²) in [6, 6.07) is 10.9. The van der Waals surface area contributed by atoms with Gasteiger partial charge in [0.1, 0.15) is 0 Å². The van der Waals surface area contributed by atoms with Gasteiger partial charge in [0.25, 0.3) is 5.91 Å². The van der Waals surface area contributed by atoms with Crippen LogP contribution in [-0.4, -0.2) is 10.9 Å². The minimum atomic E-state index is -0.207. The van der Waals surface area contributed by atoms with Crippen molar-refractivity contribution >= 4 is 70.1 Å². The van der Waals surface area contributed by atoms with Gasteiger partial charge in [-0.3, -0.25) is 10.1 Å². The minimum Gasteiger partial charge on any atom is -0.399 e. The molecule has 1 aromatic heterocycles. The van der Waals surface area contributed by atoms with Crippen molar-refractivity contribution in [2.45, 2.75) is 0 Å². The van der Waals surface area contributed by atoms with Gasteiger partial charge in [0.05, 0.1) is 15.8 Å². The average Bonchev–Trinajstić information content (AvgIpc) is 2.79. The van der Waals surface area contributed by atoms with E-state index >= 15 is 0 Å². The molecule has 0 aliphatic rings. The van der Waals surface area contributed by atoms with Crippen molar-refractivity contribution in [1.82, 2.24) is 4.98 Å². The Morgan fingerprint density at radius 2 is 2.00 bits per heavy atom. The van der Waals surface area contributed by atoms with E-state index in [1.165, 1.54) is 11.3 Å². The Balaban J connectivity index is 1.89. The molecule has 0 bridgehead atoms. The second-order valence-corrected chi connectivity index (χ2v) is 7.13. The molecular formula is C14H9Br2N3OS. The number of amides is 1. The number of halogens is 2. The van der Waals surface area contributed by atoms with Crippen molar-refractivity contribution in [2.24, 2.45) is 0 Å². The summed E-state index contributed by atoms with van der Waals surface area (Å²) in [6.07, 6.45) is 0. The van der Waals surface area contributed by atoms with Crippen LogP contribution in [0.25, 0.3) is 10.2 Å². The van der Waals surface area contributed by atoms with E-state index in [4.69, 9.17) is 5.73 Å². The van der Waals surface area contributed by atoms with E-state index in [1.807, 2.05) is 24.3 Å². The molecule has 0 unspecified atom stereocenters. The summed E-state index contributed by atoms with van der Waals surface area (Å²) >= 11 is 8.14. The fourth-order valence-corrected chi connectivity index (χ4v) is 3.97. The quantitative estimate of drug-likeness (QED) is 0.585. The molecule has 1 amide bonds. The lowest BCUT2D eigenvalue weighted by Gasteiger charge is -2.04. The average molecular weight is 427 g/mol. The highest BCUT2D eigenvalue weighted by atomic mass is 79.9. The number of anilines is 2. The molecule has 4 nitrogen and oxygen atoms in total. The second kappa shape index (κ2) is 5.75. The lowest BCUT2D eigenvalue weighted by Crippen LogP contribution is -2.12. The van der Waals surface area contributed by atoms with E-state index in [-0.39, 0.29) is 5.91 Å². The molecule has 3 N–H and O–H groups in total. The number of carbonyl (C=O) groups excluding carboxylic acids is 1. The van der Waals surface area contributed by atoms with Gasteiger partial charge < -0.3 is 5.73 Å². The van der Waals surface area contributed by atoms with Gasteiger partial charge in [0, 0.05) is 14.6 Å². The zero-order chi connectivity index (χ0) is 15.0. The first-order valence-electron chi connectivity index (χ1n) is 5.95. The van der Waals surface area contributed by atoms with Crippen molar-refractivity contribution < 1.29 is 4.79 Å². The number of nitrogens with zero attached hydrogens (tertiary/aromatic N) is 1. The molecule has 0 atom stereocenters. The van der Waals surface area contributed by atoms with Gasteiger partial charge in [-0.2, -0.15) is 0 Å². The van der Waals surface area contributed by atoms with E-state index in [0.717, 1.165) is 19.2 Å². The van der Waals surface area contributed by atoms with E-state index in [9.17, 15) is 4.79 Å². The van der Waals surface area contributed by atoms with Crippen LogP contribution in [0.5, 0.6) is 0 Å². The van der Waals surface area contributed by atoms with E-state index in [0.29, 0.717) is 16.4 Å². The molecule has 0 aliphatic carbocycles. The number of rotatable bonds is 2. The smallest absolute Gasteiger partial charge is 0.258 e. The molecule has 21 heavy (non-hydrogen) atoms. The maximum Gasteiger partial charge on any atom is 0.258 e. The van der Waals surface area contributed by atoms with Gasteiger partial charge in [-0.1, -0.05) is 27.3 Å². The number of hydrogen-bond donors (Lipinski definition) is 2. The third-order valence-corrected chi connectivity index (χ3v) is 4.89. The molecular weight excluding hydrogens is 418 g/mol. The number of aromatic nitrogens is 1. The van der Waals surface area contributed by atoms with Gasteiger partial charge in [0.15, 0.2) is 5.13 Å².